The molecule has 3 aromatic rings. The Balaban J connectivity index is 2.08. The third-order valence-electron chi connectivity index (χ3n) is 4.21. The van der Waals surface area contributed by atoms with Crippen LogP contribution in [0.15, 0.2) is 48.7 Å². The largest absolute Gasteiger partial charge is 0.497 e. The Morgan fingerprint density at radius 3 is 2.52 bits per heavy atom. The van der Waals surface area contributed by atoms with E-state index in [1.165, 1.54) is 7.11 Å². The van der Waals surface area contributed by atoms with Crippen molar-refractivity contribution < 1.29 is 19.1 Å². The van der Waals surface area contributed by atoms with Gasteiger partial charge in [0.1, 0.15) is 12.0 Å². The normalized spacial score (nSPS) is 10.6. The number of esters is 1. The Kier molecular flexibility index (Phi) is 4.84. The van der Waals surface area contributed by atoms with Gasteiger partial charge in [-0.15, -0.1) is 0 Å². The molecule has 0 aliphatic carbocycles. The summed E-state index contributed by atoms with van der Waals surface area (Å²) >= 11 is 0. The van der Waals surface area contributed by atoms with Gasteiger partial charge in [0.2, 0.25) is 0 Å². The number of carbonyl (C=O) groups excluding carboxylic acids is 2. The Morgan fingerprint density at radius 2 is 1.88 bits per heavy atom. The molecule has 0 bridgehead atoms. The van der Waals surface area contributed by atoms with E-state index in [2.05, 4.69) is 0 Å². The number of hydrogen-bond acceptors (Lipinski definition) is 4. The summed E-state index contributed by atoms with van der Waals surface area (Å²) in [7, 11) is 2.99. The van der Waals surface area contributed by atoms with Crippen LogP contribution < -0.4 is 4.74 Å². The van der Waals surface area contributed by atoms with Crippen molar-refractivity contribution >= 4 is 23.2 Å². The fourth-order valence-electron chi connectivity index (χ4n) is 3.02. The topological polar surface area (TPSA) is 57.5 Å². The fraction of sp³-hybridized carbons (Fsp3) is 0.200. The van der Waals surface area contributed by atoms with Crippen LogP contribution >= 0.6 is 0 Å². The molecule has 5 heteroatoms. The summed E-state index contributed by atoms with van der Waals surface area (Å²) in [6.45, 7) is 0.629. The van der Waals surface area contributed by atoms with Gasteiger partial charge >= 0.3 is 5.97 Å². The third-order valence-corrected chi connectivity index (χ3v) is 4.21. The zero-order chi connectivity index (χ0) is 17.8. The summed E-state index contributed by atoms with van der Waals surface area (Å²) in [4.78, 5) is 23.2. The van der Waals surface area contributed by atoms with E-state index in [1.54, 1.807) is 13.2 Å². The monoisotopic (exact) mass is 337 g/mol. The molecule has 0 aliphatic heterocycles. The van der Waals surface area contributed by atoms with Gasteiger partial charge in [-0.2, -0.15) is 0 Å². The molecule has 0 spiro atoms. The molecule has 128 valence electrons. The molecular formula is C20H19NO4. The number of nitrogens with zero attached hydrogens (tertiary/aromatic N) is 1. The molecule has 1 aromatic heterocycles. The summed E-state index contributed by atoms with van der Waals surface area (Å²) in [5.74, 6) is 0.399. The van der Waals surface area contributed by atoms with Gasteiger partial charge in [0.15, 0.2) is 0 Å². The van der Waals surface area contributed by atoms with Gasteiger partial charge in [-0.3, -0.25) is 0 Å². The number of ether oxygens (including phenoxy) is 2. The molecule has 0 aliphatic rings. The molecule has 5 nitrogen and oxygen atoms in total. The van der Waals surface area contributed by atoms with Gasteiger partial charge in [-0.05, 0) is 35.4 Å². The molecule has 0 atom stereocenters. The molecule has 0 amide bonds. The van der Waals surface area contributed by atoms with E-state index in [0.717, 1.165) is 34.1 Å². The van der Waals surface area contributed by atoms with Gasteiger partial charge in [0.05, 0.1) is 19.8 Å². The first kappa shape index (κ1) is 16.8. The van der Waals surface area contributed by atoms with Gasteiger partial charge in [-0.25, -0.2) is 4.79 Å². The van der Waals surface area contributed by atoms with Crippen LogP contribution in [0.4, 0.5) is 0 Å². The average Bonchev–Trinajstić information content (AvgIpc) is 2.99. The molecule has 3 rings (SSSR count). The molecule has 0 saturated carbocycles. The zero-order valence-electron chi connectivity index (χ0n) is 14.2. The van der Waals surface area contributed by atoms with Crippen molar-refractivity contribution in [3.63, 3.8) is 0 Å². The van der Waals surface area contributed by atoms with Crippen LogP contribution in [0.25, 0.3) is 10.9 Å². The number of rotatable bonds is 6. The third kappa shape index (κ3) is 3.26. The van der Waals surface area contributed by atoms with Crippen molar-refractivity contribution in [1.82, 2.24) is 4.57 Å². The van der Waals surface area contributed by atoms with E-state index in [1.807, 2.05) is 47.2 Å². The summed E-state index contributed by atoms with van der Waals surface area (Å²) < 4.78 is 12.1. The number of methoxy groups -OCH3 is 2. The Hall–Kier alpha value is -3.08. The van der Waals surface area contributed by atoms with E-state index in [-0.39, 0.29) is 6.42 Å². The number of aromatic nitrogens is 1. The highest BCUT2D eigenvalue weighted by Crippen LogP contribution is 2.27. The summed E-state index contributed by atoms with van der Waals surface area (Å²) in [6.07, 6.45) is 3.02. The minimum absolute atomic E-state index is 0.250. The molecule has 0 unspecified atom stereocenters. The second kappa shape index (κ2) is 7.21. The van der Waals surface area contributed by atoms with Gasteiger partial charge in [0.25, 0.3) is 0 Å². The van der Waals surface area contributed by atoms with Crippen molar-refractivity contribution in [3.8, 4) is 5.75 Å². The second-order valence-corrected chi connectivity index (χ2v) is 5.69. The molecular weight excluding hydrogens is 318 g/mol. The summed E-state index contributed by atoms with van der Waals surface area (Å²) in [5, 5.41) is 0.773. The van der Waals surface area contributed by atoms with Gasteiger partial charge in [0, 0.05) is 30.1 Å². The van der Waals surface area contributed by atoms with Crippen molar-refractivity contribution in [2.75, 3.05) is 14.2 Å². The number of carbonyl (C=O) groups is 2. The number of fused-ring (bicyclic) bond motifs is 1. The average molecular weight is 337 g/mol. The maximum absolute atomic E-state index is 12.1. The fourth-order valence-corrected chi connectivity index (χ4v) is 3.02. The quantitative estimate of drug-likeness (QED) is 0.512. The number of benzene rings is 2. The van der Waals surface area contributed by atoms with Gasteiger partial charge < -0.3 is 18.8 Å². The smallest absolute Gasteiger partial charge is 0.338 e. The molecule has 0 radical (unpaired) electrons. The second-order valence-electron chi connectivity index (χ2n) is 5.69. The standard InChI is InChI=1S/C20H19NO4/c1-24-16-8-6-14(7-9-16)12-21-13-15(10-11-22)19-17(20(23)25-2)4-3-5-18(19)21/h3-9,11,13H,10,12H2,1-2H3. The van der Waals surface area contributed by atoms with E-state index in [9.17, 15) is 9.59 Å². The molecule has 0 saturated heterocycles. The zero-order valence-corrected chi connectivity index (χ0v) is 14.2. The van der Waals surface area contributed by atoms with Crippen molar-refractivity contribution in [1.29, 1.82) is 0 Å². The molecule has 1 heterocycles. The lowest BCUT2D eigenvalue weighted by molar-refractivity contribution is -0.107. The predicted octanol–water partition coefficient (Wildman–Crippen LogP) is 3.23. The van der Waals surface area contributed by atoms with Gasteiger partial charge in [-0.1, -0.05) is 18.2 Å². The number of aldehydes is 1. The first-order chi connectivity index (χ1) is 12.2. The Labute approximate surface area is 145 Å². The highest BCUT2D eigenvalue weighted by molar-refractivity contribution is 6.05. The maximum atomic E-state index is 12.1. The Bertz CT molecular complexity index is 909. The highest BCUT2D eigenvalue weighted by atomic mass is 16.5. The number of hydrogen-bond donors (Lipinski definition) is 0. The summed E-state index contributed by atoms with van der Waals surface area (Å²) in [6, 6.07) is 13.3. The maximum Gasteiger partial charge on any atom is 0.338 e. The molecule has 0 fully saturated rings. The molecule has 0 N–H and O–H groups in total. The van der Waals surface area contributed by atoms with Crippen LogP contribution in [0.2, 0.25) is 0 Å². The van der Waals surface area contributed by atoms with E-state index in [4.69, 9.17) is 9.47 Å². The van der Waals surface area contributed by atoms with Crippen LogP contribution in [-0.4, -0.2) is 31.0 Å². The van der Waals surface area contributed by atoms with Crippen LogP contribution in [0.1, 0.15) is 21.5 Å². The lowest BCUT2D eigenvalue weighted by Gasteiger charge is -2.08. The SMILES string of the molecule is COC(=O)c1cccc2c1c(CC=O)cn2Cc1ccc(OC)cc1. The summed E-state index contributed by atoms with van der Waals surface area (Å²) in [5.41, 5.74) is 3.29. The lowest BCUT2D eigenvalue weighted by atomic mass is 10.0. The van der Waals surface area contributed by atoms with E-state index >= 15 is 0 Å². The van der Waals surface area contributed by atoms with Crippen molar-refractivity contribution in [2.24, 2.45) is 0 Å². The lowest BCUT2D eigenvalue weighted by Crippen LogP contribution is -2.03. The van der Waals surface area contributed by atoms with Crippen LogP contribution in [0.5, 0.6) is 5.75 Å². The Morgan fingerprint density at radius 1 is 1.12 bits per heavy atom. The minimum Gasteiger partial charge on any atom is -0.497 e. The van der Waals surface area contributed by atoms with E-state index < -0.39 is 5.97 Å². The molecule has 25 heavy (non-hydrogen) atoms. The predicted molar refractivity (Wildman–Crippen MR) is 95.1 cm³/mol. The van der Waals surface area contributed by atoms with E-state index in [0.29, 0.717) is 12.1 Å². The first-order valence-electron chi connectivity index (χ1n) is 7.93. The minimum atomic E-state index is -0.403. The van der Waals surface area contributed by atoms with Crippen LogP contribution in [0.3, 0.4) is 0 Å². The van der Waals surface area contributed by atoms with Crippen molar-refractivity contribution in [2.45, 2.75) is 13.0 Å². The van der Waals surface area contributed by atoms with Crippen LogP contribution in [-0.2, 0) is 22.5 Å². The van der Waals surface area contributed by atoms with Crippen LogP contribution in [0, 0.1) is 0 Å². The highest BCUT2D eigenvalue weighted by Gasteiger charge is 2.17. The van der Waals surface area contributed by atoms with Crippen molar-refractivity contribution in [3.05, 3.63) is 65.4 Å². The first-order valence-corrected chi connectivity index (χ1v) is 7.93. The molecule has 2 aromatic carbocycles.